The van der Waals surface area contributed by atoms with Gasteiger partial charge in [-0.3, -0.25) is 0 Å². The van der Waals surface area contributed by atoms with Crippen molar-refractivity contribution in [1.29, 1.82) is 0 Å². The third kappa shape index (κ3) is 3.26. The number of hydrogen-bond acceptors (Lipinski definition) is 2. The van der Waals surface area contributed by atoms with Gasteiger partial charge in [-0.15, -0.1) is 0 Å². The van der Waals surface area contributed by atoms with Crippen LogP contribution in [0.4, 0.5) is 0 Å². The normalized spacial score (nSPS) is 12.4. The minimum Gasteiger partial charge on any atom is -0.380 e. The molecule has 136 valence electrons. The molecule has 0 aliphatic rings. The van der Waals surface area contributed by atoms with Crippen LogP contribution in [0.3, 0.4) is 0 Å². The highest BCUT2D eigenvalue weighted by atomic mass is 16.3. The van der Waals surface area contributed by atoms with E-state index in [-0.39, 0.29) is 0 Å². The van der Waals surface area contributed by atoms with Gasteiger partial charge in [0.05, 0.1) is 11.0 Å². The molecule has 3 heteroatoms. The zero-order valence-electron chi connectivity index (χ0n) is 16.0. The molecule has 0 amide bonds. The number of aliphatic hydroxyl groups excluding tert-OH is 1. The van der Waals surface area contributed by atoms with E-state index in [0.717, 1.165) is 16.6 Å². The fraction of sp³-hybridized carbons (Fsp3) is 0.208. The molecule has 4 aromatic rings. The minimum atomic E-state index is -0.761. The maximum Gasteiger partial charge on any atom is 0.143 e. The largest absolute Gasteiger partial charge is 0.380 e. The van der Waals surface area contributed by atoms with Crippen molar-refractivity contribution in [3.8, 4) is 0 Å². The van der Waals surface area contributed by atoms with Crippen molar-refractivity contribution in [3.63, 3.8) is 0 Å². The highest BCUT2D eigenvalue weighted by Gasteiger charge is 2.20. The summed E-state index contributed by atoms with van der Waals surface area (Å²) in [5.41, 5.74) is 7.76. The van der Waals surface area contributed by atoms with Crippen molar-refractivity contribution >= 4 is 11.0 Å². The number of aromatic nitrogens is 2. The maximum atomic E-state index is 11.1. The number of fused-ring (bicyclic) bond motifs is 1. The van der Waals surface area contributed by atoms with E-state index in [4.69, 9.17) is 4.98 Å². The van der Waals surface area contributed by atoms with Crippen molar-refractivity contribution in [2.24, 2.45) is 0 Å². The number of nitrogens with zero attached hydrogens (tertiary/aromatic N) is 2. The summed E-state index contributed by atoms with van der Waals surface area (Å²) in [4.78, 5) is 4.83. The van der Waals surface area contributed by atoms with Crippen LogP contribution in [0.25, 0.3) is 11.0 Å². The van der Waals surface area contributed by atoms with E-state index in [1.54, 1.807) is 0 Å². The predicted molar refractivity (Wildman–Crippen MR) is 110 cm³/mol. The Morgan fingerprint density at radius 3 is 2.26 bits per heavy atom. The number of rotatable bonds is 4. The Labute approximate surface area is 159 Å². The highest BCUT2D eigenvalue weighted by Crippen LogP contribution is 2.28. The molecular weight excluding hydrogens is 332 g/mol. The lowest BCUT2D eigenvalue weighted by molar-refractivity contribution is 0.206. The van der Waals surface area contributed by atoms with Crippen LogP contribution in [0.2, 0.25) is 0 Å². The molecule has 27 heavy (non-hydrogen) atoms. The molecule has 1 heterocycles. The molecule has 3 nitrogen and oxygen atoms in total. The van der Waals surface area contributed by atoms with Gasteiger partial charge in [-0.2, -0.15) is 0 Å². The van der Waals surface area contributed by atoms with Gasteiger partial charge < -0.3 is 9.67 Å². The number of aryl methyl sites for hydroxylation is 3. The zero-order valence-corrected chi connectivity index (χ0v) is 16.0. The first-order valence-corrected chi connectivity index (χ1v) is 9.29. The average molecular weight is 356 g/mol. The summed E-state index contributed by atoms with van der Waals surface area (Å²) >= 11 is 0. The molecule has 0 saturated carbocycles. The lowest BCUT2D eigenvalue weighted by Crippen LogP contribution is -2.11. The van der Waals surface area contributed by atoms with Crippen molar-refractivity contribution in [2.45, 2.75) is 33.4 Å². The number of aliphatic hydroxyl groups is 1. The lowest BCUT2D eigenvalue weighted by atomic mass is 10.1. The van der Waals surface area contributed by atoms with E-state index in [9.17, 15) is 5.11 Å². The van der Waals surface area contributed by atoms with Gasteiger partial charge in [-0.1, -0.05) is 54.6 Å². The molecule has 0 spiro atoms. The molecule has 0 aliphatic carbocycles. The van der Waals surface area contributed by atoms with Crippen molar-refractivity contribution in [1.82, 2.24) is 9.55 Å². The summed E-state index contributed by atoms with van der Waals surface area (Å²) in [5.74, 6) is 0.685. The molecule has 1 N–H and O–H groups in total. The first-order chi connectivity index (χ1) is 13.0. The molecule has 4 rings (SSSR count). The number of imidazole rings is 1. The summed E-state index contributed by atoms with van der Waals surface area (Å²) in [6.45, 7) is 7.03. The second-order valence-electron chi connectivity index (χ2n) is 7.22. The summed E-state index contributed by atoms with van der Waals surface area (Å²) in [7, 11) is 0. The van der Waals surface area contributed by atoms with Gasteiger partial charge >= 0.3 is 0 Å². The summed E-state index contributed by atoms with van der Waals surface area (Å²) in [5, 5.41) is 11.1. The highest BCUT2D eigenvalue weighted by molar-refractivity contribution is 5.78. The summed E-state index contributed by atoms with van der Waals surface area (Å²) < 4.78 is 2.15. The molecule has 1 aromatic heterocycles. The smallest absolute Gasteiger partial charge is 0.143 e. The molecule has 1 atom stereocenters. The fourth-order valence-electron chi connectivity index (χ4n) is 3.52. The molecule has 0 radical (unpaired) electrons. The Hall–Kier alpha value is -2.91. The average Bonchev–Trinajstić information content (AvgIpc) is 3.01. The van der Waals surface area contributed by atoms with E-state index in [1.165, 1.54) is 22.3 Å². The minimum absolute atomic E-state index is 0.685. The Kier molecular flexibility index (Phi) is 4.54. The number of benzene rings is 3. The van der Waals surface area contributed by atoms with Gasteiger partial charge in [0.25, 0.3) is 0 Å². The molecule has 3 aromatic carbocycles. The Bertz CT molecular complexity index is 1100. The Balaban J connectivity index is 1.90. The van der Waals surface area contributed by atoms with E-state index in [2.05, 4.69) is 61.7 Å². The van der Waals surface area contributed by atoms with Gasteiger partial charge in [0.2, 0.25) is 0 Å². The van der Waals surface area contributed by atoms with Crippen LogP contribution in [-0.2, 0) is 6.54 Å². The first kappa shape index (κ1) is 17.5. The van der Waals surface area contributed by atoms with Gasteiger partial charge in [0.15, 0.2) is 0 Å². The zero-order chi connectivity index (χ0) is 19.0. The maximum absolute atomic E-state index is 11.1. The molecule has 0 bridgehead atoms. The van der Waals surface area contributed by atoms with Crippen LogP contribution in [0, 0.1) is 20.8 Å². The molecule has 0 aliphatic heterocycles. The van der Waals surface area contributed by atoms with Gasteiger partial charge in [0, 0.05) is 6.54 Å². The van der Waals surface area contributed by atoms with Crippen LogP contribution in [0.1, 0.15) is 39.7 Å². The quantitative estimate of drug-likeness (QED) is 0.553. The van der Waals surface area contributed by atoms with Crippen LogP contribution < -0.4 is 0 Å². The Morgan fingerprint density at radius 1 is 0.852 bits per heavy atom. The van der Waals surface area contributed by atoms with E-state index in [1.807, 2.05) is 30.3 Å². The predicted octanol–water partition coefficient (Wildman–Crippen LogP) is 5.09. The fourth-order valence-corrected chi connectivity index (χ4v) is 3.52. The SMILES string of the molecule is Cc1cc2nc(C(O)c3ccccc3)n(Cc3ccccc3C)c2cc1C. The van der Waals surface area contributed by atoms with Crippen LogP contribution >= 0.6 is 0 Å². The van der Waals surface area contributed by atoms with Crippen molar-refractivity contribution in [2.75, 3.05) is 0 Å². The molecular formula is C24H24N2O. The lowest BCUT2D eigenvalue weighted by Gasteiger charge is -2.16. The number of hydrogen-bond donors (Lipinski definition) is 1. The van der Waals surface area contributed by atoms with Crippen molar-refractivity contribution in [3.05, 3.63) is 100 Å². The molecule has 0 fully saturated rings. The van der Waals surface area contributed by atoms with Crippen LogP contribution in [-0.4, -0.2) is 14.7 Å². The standard InChI is InChI=1S/C24H24N2O/c1-16-9-7-8-12-20(16)15-26-22-14-18(3)17(2)13-21(22)25-24(26)23(27)19-10-5-4-6-11-19/h4-14,23,27H,15H2,1-3H3. The van der Waals surface area contributed by atoms with E-state index in [0.29, 0.717) is 12.4 Å². The van der Waals surface area contributed by atoms with Gasteiger partial charge in [-0.25, -0.2) is 4.98 Å². The van der Waals surface area contributed by atoms with Gasteiger partial charge in [0.1, 0.15) is 11.9 Å². The third-order valence-electron chi connectivity index (χ3n) is 5.34. The molecule has 0 saturated heterocycles. The van der Waals surface area contributed by atoms with E-state index < -0.39 is 6.10 Å². The van der Waals surface area contributed by atoms with Crippen LogP contribution in [0.15, 0.2) is 66.7 Å². The second kappa shape index (κ2) is 7.01. The van der Waals surface area contributed by atoms with Crippen LogP contribution in [0.5, 0.6) is 0 Å². The second-order valence-corrected chi connectivity index (χ2v) is 7.22. The van der Waals surface area contributed by atoms with Gasteiger partial charge in [-0.05, 0) is 60.7 Å². The summed E-state index contributed by atoms with van der Waals surface area (Å²) in [6.07, 6.45) is -0.761. The first-order valence-electron chi connectivity index (χ1n) is 9.29. The van der Waals surface area contributed by atoms with E-state index >= 15 is 0 Å². The summed E-state index contributed by atoms with van der Waals surface area (Å²) in [6, 6.07) is 22.4. The van der Waals surface area contributed by atoms with Crippen molar-refractivity contribution < 1.29 is 5.11 Å². The Morgan fingerprint density at radius 2 is 1.52 bits per heavy atom. The molecule has 1 unspecified atom stereocenters. The topological polar surface area (TPSA) is 38.1 Å². The third-order valence-corrected chi connectivity index (χ3v) is 5.34. The monoisotopic (exact) mass is 356 g/mol.